The van der Waals surface area contributed by atoms with Crippen molar-refractivity contribution in [1.82, 2.24) is 14.8 Å². The van der Waals surface area contributed by atoms with E-state index in [2.05, 4.69) is 4.98 Å². The summed E-state index contributed by atoms with van der Waals surface area (Å²) in [5.74, 6) is -0.223. The van der Waals surface area contributed by atoms with Crippen LogP contribution in [0.4, 0.5) is 8.78 Å². The Hall–Kier alpha value is -1.37. The molecular formula is C15H15Cl2F2N3O. The van der Waals surface area contributed by atoms with E-state index in [4.69, 9.17) is 23.2 Å². The van der Waals surface area contributed by atoms with E-state index in [0.717, 1.165) is 5.52 Å². The molecule has 2 heterocycles. The molecule has 4 nitrogen and oxygen atoms in total. The maximum Gasteiger partial charge on any atom is 0.271 e. The number of carbonyl (C=O) groups excluding carboxylic acids is 1. The zero-order valence-electron chi connectivity index (χ0n) is 12.2. The number of aromatic nitrogens is 1. The molecular weight excluding hydrogens is 347 g/mol. The first-order valence-corrected chi connectivity index (χ1v) is 7.98. The number of carbonyl (C=O) groups is 1. The van der Waals surface area contributed by atoms with Crippen LogP contribution in [0.15, 0.2) is 18.2 Å². The number of hydrogen-bond donors (Lipinski definition) is 1. The Bertz CT molecular complexity index is 727. The zero-order chi connectivity index (χ0) is 16.6. The van der Waals surface area contributed by atoms with E-state index in [1.807, 2.05) is 0 Å². The summed E-state index contributed by atoms with van der Waals surface area (Å²) in [5, 5.41) is 1.57. The van der Waals surface area contributed by atoms with Gasteiger partial charge < -0.3 is 9.88 Å². The molecule has 0 spiro atoms. The van der Waals surface area contributed by atoms with Gasteiger partial charge in [-0.25, -0.2) is 8.78 Å². The smallest absolute Gasteiger partial charge is 0.271 e. The molecule has 1 aliphatic heterocycles. The zero-order valence-corrected chi connectivity index (χ0v) is 13.7. The number of nitrogens with zero attached hydrogens (tertiary/aromatic N) is 2. The molecule has 1 fully saturated rings. The first kappa shape index (κ1) is 16.5. The lowest BCUT2D eigenvalue weighted by Gasteiger charge is -2.34. The molecule has 8 heteroatoms. The third-order valence-corrected chi connectivity index (χ3v) is 4.59. The van der Waals surface area contributed by atoms with Gasteiger partial charge >= 0.3 is 0 Å². The third-order valence-electron chi connectivity index (χ3n) is 3.97. The molecule has 1 N–H and O–H groups in total. The average Bonchev–Trinajstić information content (AvgIpc) is 2.84. The second-order valence-electron chi connectivity index (χ2n) is 5.49. The summed E-state index contributed by atoms with van der Waals surface area (Å²) in [6.07, 6.45) is -2.36. The number of H-pyrrole nitrogens is 1. The Morgan fingerprint density at radius 1 is 1.22 bits per heavy atom. The molecule has 0 bridgehead atoms. The average molecular weight is 362 g/mol. The molecule has 0 atom stereocenters. The first-order valence-electron chi connectivity index (χ1n) is 7.22. The second kappa shape index (κ2) is 6.63. The lowest BCUT2D eigenvalue weighted by atomic mass is 10.2. The van der Waals surface area contributed by atoms with Crippen molar-refractivity contribution in [3.63, 3.8) is 0 Å². The predicted molar refractivity (Wildman–Crippen MR) is 86.7 cm³/mol. The molecule has 1 aromatic heterocycles. The van der Waals surface area contributed by atoms with Crippen molar-refractivity contribution in [2.45, 2.75) is 6.43 Å². The standard InChI is InChI=1S/C15H15Cl2F2N3O/c16-9-1-2-11-10(7-9)13(17)14(20-11)15(23)22-5-3-21(4-6-22)8-12(18)19/h1-2,7,12,20H,3-6,8H2. The van der Waals surface area contributed by atoms with Crippen LogP contribution in [0.2, 0.25) is 10.0 Å². The fourth-order valence-corrected chi connectivity index (χ4v) is 3.22. The van der Waals surface area contributed by atoms with E-state index in [1.54, 1.807) is 28.0 Å². The molecule has 1 aromatic carbocycles. The summed E-state index contributed by atoms with van der Waals surface area (Å²) in [4.78, 5) is 18.9. The highest BCUT2D eigenvalue weighted by Crippen LogP contribution is 2.30. The van der Waals surface area contributed by atoms with Gasteiger partial charge in [-0.3, -0.25) is 9.69 Å². The Morgan fingerprint density at radius 3 is 2.57 bits per heavy atom. The first-order chi connectivity index (χ1) is 11.0. The van der Waals surface area contributed by atoms with Gasteiger partial charge in [-0.15, -0.1) is 0 Å². The van der Waals surface area contributed by atoms with Crippen molar-refractivity contribution >= 4 is 40.0 Å². The van der Waals surface area contributed by atoms with Crippen LogP contribution in [0.1, 0.15) is 10.5 Å². The maximum atomic E-state index is 12.6. The van der Waals surface area contributed by atoms with E-state index in [0.29, 0.717) is 47.3 Å². The molecule has 0 saturated carbocycles. The Kier molecular flexibility index (Phi) is 4.75. The fraction of sp³-hybridized carbons (Fsp3) is 0.400. The minimum absolute atomic E-state index is 0.223. The lowest BCUT2D eigenvalue weighted by Crippen LogP contribution is -2.49. The quantitative estimate of drug-likeness (QED) is 0.908. The van der Waals surface area contributed by atoms with E-state index in [-0.39, 0.29) is 12.5 Å². The molecule has 1 aliphatic rings. The third kappa shape index (κ3) is 3.44. The van der Waals surface area contributed by atoms with Gasteiger partial charge in [0, 0.05) is 42.1 Å². The van der Waals surface area contributed by atoms with E-state index in [1.165, 1.54) is 0 Å². The summed E-state index contributed by atoms with van der Waals surface area (Å²) in [6.45, 7) is 1.41. The topological polar surface area (TPSA) is 39.3 Å². The second-order valence-corrected chi connectivity index (χ2v) is 6.30. The van der Waals surface area contributed by atoms with Crippen LogP contribution in [0.5, 0.6) is 0 Å². The summed E-state index contributed by atoms with van der Waals surface area (Å²) < 4.78 is 24.8. The largest absolute Gasteiger partial charge is 0.349 e. The van der Waals surface area contributed by atoms with Crippen molar-refractivity contribution in [3.8, 4) is 0 Å². The van der Waals surface area contributed by atoms with Crippen LogP contribution >= 0.6 is 23.2 Å². The SMILES string of the molecule is O=C(c1[nH]c2ccc(Cl)cc2c1Cl)N1CCN(CC(F)F)CC1. The van der Waals surface area contributed by atoms with Gasteiger partial charge in [0.2, 0.25) is 0 Å². The maximum absolute atomic E-state index is 12.6. The highest BCUT2D eigenvalue weighted by Gasteiger charge is 2.26. The Balaban J connectivity index is 1.75. The highest BCUT2D eigenvalue weighted by molar-refractivity contribution is 6.39. The van der Waals surface area contributed by atoms with Gasteiger partial charge in [-0.05, 0) is 18.2 Å². The lowest BCUT2D eigenvalue weighted by molar-refractivity contribution is 0.0456. The Morgan fingerprint density at radius 2 is 1.91 bits per heavy atom. The molecule has 0 radical (unpaired) electrons. The highest BCUT2D eigenvalue weighted by atomic mass is 35.5. The van der Waals surface area contributed by atoms with Crippen LogP contribution in [0.25, 0.3) is 10.9 Å². The predicted octanol–water partition coefficient (Wildman–Crippen LogP) is 3.50. The number of alkyl halides is 2. The van der Waals surface area contributed by atoms with Crippen molar-refractivity contribution in [2.24, 2.45) is 0 Å². The van der Waals surface area contributed by atoms with Crippen molar-refractivity contribution in [1.29, 1.82) is 0 Å². The number of amides is 1. The summed E-state index contributed by atoms with van der Waals surface area (Å²) in [5.41, 5.74) is 1.05. The number of piperazine rings is 1. The van der Waals surface area contributed by atoms with Gasteiger partial charge in [0.1, 0.15) is 5.69 Å². The number of halogens is 4. The number of aromatic amines is 1. The van der Waals surface area contributed by atoms with Gasteiger partial charge in [0.15, 0.2) is 0 Å². The molecule has 1 amide bonds. The normalized spacial score (nSPS) is 16.5. The van der Waals surface area contributed by atoms with Gasteiger partial charge in [-0.2, -0.15) is 0 Å². The number of nitrogens with one attached hydrogen (secondary N) is 1. The minimum atomic E-state index is -2.36. The number of rotatable bonds is 3. The van der Waals surface area contributed by atoms with Gasteiger partial charge in [0.25, 0.3) is 12.3 Å². The molecule has 23 heavy (non-hydrogen) atoms. The molecule has 1 saturated heterocycles. The van der Waals surface area contributed by atoms with E-state index in [9.17, 15) is 13.6 Å². The van der Waals surface area contributed by atoms with Crippen LogP contribution in [0, 0.1) is 0 Å². The summed E-state index contributed by atoms with van der Waals surface area (Å²) in [7, 11) is 0. The van der Waals surface area contributed by atoms with Crippen LogP contribution < -0.4 is 0 Å². The Labute approximate surface area is 141 Å². The van der Waals surface area contributed by atoms with E-state index < -0.39 is 6.43 Å². The molecule has 0 unspecified atom stereocenters. The van der Waals surface area contributed by atoms with Crippen molar-refractivity contribution in [3.05, 3.63) is 33.9 Å². The molecule has 2 aromatic rings. The molecule has 0 aliphatic carbocycles. The summed E-state index contributed by atoms with van der Waals surface area (Å²) in [6, 6.07) is 5.18. The fourth-order valence-electron chi connectivity index (χ4n) is 2.77. The van der Waals surface area contributed by atoms with Crippen LogP contribution in [-0.4, -0.2) is 59.8 Å². The number of benzene rings is 1. The van der Waals surface area contributed by atoms with Crippen molar-refractivity contribution < 1.29 is 13.6 Å². The molecule has 3 rings (SSSR count). The van der Waals surface area contributed by atoms with E-state index >= 15 is 0 Å². The van der Waals surface area contributed by atoms with Crippen LogP contribution in [-0.2, 0) is 0 Å². The molecule has 124 valence electrons. The number of hydrogen-bond acceptors (Lipinski definition) is 2. The van der Waals surface area contributed by atoms with Gasteiger partial charge in [0.05, 0.1) is 11.6 Å². The van der Waals surface area contributed by atoms with Crippen LogP contribution in [0.3, 0.4) is 0 Å². The van der Waals surface area contributed by atoms with Gasteiger partial charge in [-0.1, -0.05) is 23.2 Å². The van der Waals surface area contributed by atoms with Crippen molar-refractivity contribution in [2.75, 3.05) is 32.7 Å². The summed E-state index contributed by atoms with van der Waals surface area (Å²) >= 11 is 12.2. The number of fused-ring (bicyclic) bond motifs is 1. The monoisotopic (exact) mass is 361 g/mol. The minimum Gasteiger partial charge on any atom is -0.349 e.